The standard InChI is InChI=1S/C80H50F8N16.O.V/c81-57-49-50(58(82)66(90-42-27-11-2-12-28-42)65(57)89-41-25-9-1-10-26-41)74-97-73(49)101-75-51-52(60(84)68(92-44-31-15-4-16-32-44)67(59(51)83)91-43-29-13-3-14-30-43)77(98-75)103-79-55-56(64(88)72(96-48-39-23-8-24-40-48)71(63(55)87)95-47-37-21-7-22-38-47)80(100-79)104-78-54-53(76(99-78)102-74)61(85)69(93-45-33-17-5-18-34-45)70(62(54)86)94-46-35-19-6-20-36-46;;/h1-40,89-96H,(H2-2,97,98,99,100,101,102,103,104);;/q-2;;+2. The molecule has 0 saturated carbocycles. The third-order valence-corrected chi connectivity index (χ3v) is 17.5. The van der Waals surface area contributed by atoms with E-state index in [4.69, 9.17) is 33.6 Å². The molecule has 8 bridgehead atoms. The second kappa shape index (κ2) is 28.2. The molecule has 1 aliphatic heterocycles. The van der Waals surface area contributed by atoms with E-state index < -0.39 is 180 Å². The Kier molecular flexibility index (Phi) is 17.8. The summed E-state index contributed by atoms with van der Waals surface area (Å²) in [7, 11) is 0. The van der Waals surface area contributed by atoms with Crippen molar-refractivity contribution in [2.75, 3.05) is 42.5 Å². The maximum absolute atomic E-state index is 18.9. The van der Waals surface area contributed by atoms with E-state index in [9.17, 15) is 0 Å². The van der Waals surface area contributed by atoms with Gasteiger partial charge in [0, 0.05) is 90.3 Å². The van der Waals surface area contributed by atoms with Gasteiger partial charge in [0.15, 0.2) is 46.5 Å². The summed E-state index contributed by atoms with van der Waals surface area (Å²) in [6, 6.07) is 66.1. The first-order chi connectivity index (χ1) is 51.9. The van der Waals surface area contributed by atoms with Crippen LogP contribution in [0.15, 0.2) is 263 Å². The Hall–Kier alpha value is -13.8. The fraction of sp³-hybridized carbons (Fsp3) is 0. The van der Waals surface area contributed by atoms with Gasteiger partial charge < -0.3 is 82.4 Å². The molecule has 10 N–H and O–H groups in total. The van der Waals surface area contributed by atoms with Crippen molar-refractivity contribution < 1.29 is 56.2 Å². The summed E-state index contributed by atoms with van der Waals surface area (Å²) < 4.78 is 159. The van der Waals surface area contributed by atoms with Crippen LogP contribution in [0.25, 0.3) is 43.1 Å². The van der Waals surface area contributed by atoms with Gasteiger partial charge in [-0.1, -0.05) is 146 Å². The fourth-order valence-electron chi connectivity index (χ4n) is 12.7. The van der Waals surface area contributed by atoms with Crippen LogP contribution in [0.5, 0.6) is 0 Å². The minimum absolute atomic E-state index is 0.291. The van der Waals surface area contributed by atoms with Crippen molar-refractivity contribution in [2.45, 2.75) is 0 Å². The summed E-state index contributed by atoms with van der Waals surface area (Å²) in [5.74, 6) is -12.5. The van der Waals surface area contributed by atoms with Gasteiger partial charge in [0.2, 0.25) is 0 Å². The molecular weight excluding hydrogens is 1400 g/mol. The third kappa shape index (κ3) is 12.2. The van der Waals surface area contributed by atoms with E-state index in [1.807, 2.05) is 0 Å². The van der Waals surface area contributed by atoms with Crippen LogP contribution in [0.1, 0.15) is 0 Å². The number of hydrogen-bond acceptors (Lipinski definition) is 13. The molecule has 26 heteroatoms. The summed E-state index contributed by atoms with van der Waals surface area (Å²) >= 11 is 1.06. The molecule has 4 aromatic heterocycles. The van der Waals surface area contributed by atoms with Crippen LogP contribution in [0.3, 0.4) is 0 Å². The van der Waals surface area contributed by atoms with Crippen molar-refractivity contribution in [2.24, 2.45) is 20.0 Å². The van der Waals surface area contributed by atoms with Crippen LogP contribution in [0.2, 0.25) is 0 Å². The quantitative estimate of drug-likeness (QED) is 0.0410. The molecular formula is C80H50F8N16OV. The van der Waals surface area contributed by atoms with E-state index in [-0.39, 0.29) is 0 Å². The number of aromatic nitrogens is 4. The zero-order valence-corrected chi connectivity index (χ0v) is 56.1. The number of H-pyrrole nitrogens is 2. The number of nitrogens with one attached hydrogen (secondary N) is 10. The van der Waals surface area contributed by atoms with Crippen LogP contribution >= 0.6 is 0 Å². The van der Waals surface area contributed by atoms with Crippen LogP contribution in [0, 0.1) is 46.5 Å². The topological polar surface area (TPSA) is 223 Å². The molecule has 0 unspecified atom stereocenters. The molecule has 0 aliphatic carbocycles. The minimum atomic E-state index is -1.21. The fourth-order valence-corrected chi connectivity index (χ4v) is 12.7. The molecule has 1 aliphatic rings. The van der Waals surface area contributed by atoms with E-state index in [1.165, 1.54) is 0 Å². The normalized spacial score (nSPS) is 12.9. The van der Waals surface area contributed by atoms with Gasteiger partial charge in [0.05, 0.1) is 43.5 Å². The van der Waals surface area contributed by atoms with Crippen molar-refractivity contribution in [3.8, 4) is 0 Å². The van der Waals surface area contributed by atoms with Crippen molar-refractivity contribution in [3.05, 3.63) is 311 Å². The van der Waals surface area contributed by atoms with Crippen molar-refractivity contribution in [1.82, 2.24) is 19.9 Å². The van der Waals surface area contributed by atoms with Crippen molar-refractivity contribution in [1.29, 1.82) is 0 Å². The van der Waals surface area contributed by atoms with Gasteiger partial charge in [-0.3, -0.25) is 0 Å². The van der Waals surface area contributed by atoms with Crippen LogP contribution in [-0.4, -0.2) is 9.97 Å². The molecule has 0 radical (unpaired) electrons. The number of rotatable bonds is 16. The second-order valence-corrected chi connectivity index (χ2v) is 24.0. The molecule has 17 nitrogen and oxygen atoms in total. The van der Waals surface area contributed by atoms with E-state index >= 15 is 35.1 Å². The summed E-state index contributed by atoms with van der Waals surface area (Å²) in [5.41, 5.74) is -4.08. The zero-order valence-electron chi connectivity index (χ0n) is 54.7. The number of halogens is 8. The van der Waals surface area contributed by atoms with Gasteiger partial charge in [0.25, 0.3) is 0 Å². The number of para-hydroxylation sites is 8. The first-order valence-corrected chi connectivity index (χ1v) is 33.2. The van der Waals surface area contributed by atoms with Gasteiger partial charge in [-0.05, 0) is 97.1 Å². The summed E-state index contributed by atoms with van der Waals surface area (Å²) in [5, 5.41) is 18.6. The number of anilines is 16. The van der Waals surface area contributed by atoms with E-state index in [2.05, 4.69) is 52.5 Å². The molecule has 106 heavy (non-hydrogen) atoms. The van der Waals surface area contributed by atoms with Gasteiger partial charge in [-0.25, -0.2) is 35.1 Å². The molecule has 16 aromatic rings. The number of nitrogens with zero attached hydrogens (tertiary/aromatic N) is 6. The Labute approximate surface area is 603 Å². The van der Waals surface area contributed by atoms with E-state index in [0.29, 0.717) is 45.5 Å². The molecule has 517 valence electrons. The van der Waals surface area contributed by atoms with Crippen LogP contribution in [-0.2, 0) is 21.0 Å². The molecule has 12 aromatic carbocycles. The van der Waals surface area contributed by atoms with Crippen molar-refractivity contribution in [3.63, 3.8) is 0 Å². The summed E-state index contributed by atoms with van der Waals surface area (Å²) in [6.07, 6.45) is 0. The number of hydrogen-bond donors (Lipinski definition) is 10. The molecule has 0 spiro atoms. The zero-order chi connectivity index (χ0) is 72.7. The SMILES string of the molecule is Fc1c(Nc2ccccc2)c(Nc2ccccc2)c(F)c2c3[n-]c(c12)/N=c1\[nH]/c(c2c(F)c(Nc4ccccc4)c(Nc4ccccc4)c(F)c12)=N\c1[n-]c(c2c(F)c(Nc4ccccc4)c(Nc4ccccc4)c(F)c12)/N=c1\[nH]/c(c2c(F)c(Nc4ccccc4)c(Nc4ccccc4)c(F)c12)=N\3.[O]=[V+2]. The number of fused-ring (bicyclic) bond motifs is 20. The Morgan fingerprint density at radius 2 is 0.349 bits per heavy atom. The molecule has 0 amide bonds. The monoisotopic (exact) mass is 1450 g/mol. The number of benzene rings is 12. The van der Waals surface area contributed by atoms with Crippen LogP contribution < -0.4 is 74.5 Å². The van der Waals surface area contributed by atoms with E-state index in [1.54, 1.807) is 243 Å². The molecule has 17 rings (SSSR count). The average molecular weight is 1450 g/mol. The molecule has 5 heterocycles. The Balaban J connectivity index is 0.00000427. The van der Waals surface area contributed by atoms with Gasteiger partial charge in [-0.2, -0.15) is 0 Å². The number of aromatic amines is 2. The predicted octanol–water partition coefficient (Wildman–Crippen LogP) is 19.9. The van der Waals surface area contributed by atoms with E-state index in [0.717, 1.165) is 17.4 Å². The first-order valence-electron chi connectivity index (χ1n) is 32.7. The predicted molar refractivity (Wildman–Crippen MR) is 393 cm³/mol. The molecule has 0 atom stereocenters. The van der Waals surface area contributed by atoms with Crippen molar-refractivity contribution >= 4 is 157 Å². The Bertz CT molecular complexity index is 5590. The average Bonchev–Trinajstić information content (AvgIpc) is 1.55. The van der Waals surface area contributed by atoms with Gasteiger partial charge in [0.1, 0.15) is 45.5 Å². The van der Waals surface area contributed by atoms with Gasteiger partial charge >= 0.3 is 21.0 Å². The summed E-state index contributed by atoms with van der Waals surface area (Å²) in [4.78, 5) is 34.5. The van der Waals surface area contributed by atoms with Gasteiger partial charge in [-0.15, -0.1) is 0 Å². The Morgan fingerprint density at radius 1 is 0.217 bits per heavy atom. The second-order valence-electron chi connectivity index (χ2n) is 24.0. The third-order valence-electron chi connectivity index (χ3n) is 17.5. The first kappa shape index (κ1) is 66.8. The Morgan fingerprint density at radius 3 is 0.491 bits per heavy atom. The maximum atomic E-state index is 18.9. The molecule has 0 fully saturated rings. The molecule has 0 saturated heterocycles. The van der Waals surface area contributed by atoms with Crippen LogP contribution in [0.4, 0.5) is 149 Å². The summed E-state index contributed by atoms with van der Waals surface area (Å²) in [6.45, 7) is 0.